The van der Waals surface area contributed by atoms with Gasteiger partial charge >= 0.3 is 6.03 Å². The van der Waals surface area contributed by atoms with Crippen LogP contribution in [-0.4, -0.2) is 43.8 Å². The van der Waals surface area contributed by atoms with Gasteiger partial charge in [-0.1, -0.05) is 19.1 Å². The standard InChI is InChI=1S/C15H22N2O3/c1-3-13-11-17(7-8-20-13)15(18)16-10-12-5-4-6-14(9-12)19-2/h4-6,9,13H,3,7-8,10-11H2,1-2H3,(H,16,18). The average Bonchev–Trinajstić information content (AvgIpc) is 2.52. The molecule has 1 heterocycles. The van der Waals surface area contributed by atoms with E-state index in [4.69, 9.17) is 9.47 Å². The van der Waals surface area contributed by atoms with E-state index in [1.165, 1.54) is 0 Å². The number of nitrogens with one attached hydrogen (secondary N) is 1. The Kier molecular flexibility index (Phi) is 5.24. The first kappa shape index (κ1) is 14.7. The molecule has 0 spiro atoms. The third-order valence-corrected chi connectivity index (χ3v) is 3.46. The second-order valence-corrected chi connectivity index (χ2v) is 4.86. The van der Waals surface area contributed by atoms with Gasteiger partial charge in [0, 0.05) is 19.6 Å². The summed E-state index contributed by atoms with van der Waals surface area (Å²) in [5, 5.41) is 2.94. The van der Waals surface area contributed by atoms with Gasteiger partial charge in [-0.15, -0.1) is 0 Å². The van der Waals surface area contributed by atoms with Gasteiger partial charge in [-0.05, 0) is 24.1 Å². The number of nitrogens with zero attached hydrogens (tertiary/aromatic N) is 1. The van der Waals surface area contributed by atoms with Crippen molar-refractivity contribution >= 4 is 6.03 Å². The molecule has 2 amide bonds. The zero-order valence-electron chi connectivity index (χ0n) is 12.1. The van der Waals surface area contributed by atoms with Crippen LogP contribution in [0.3, 0.4) is 0 Å². The minimum absolute atomic E-state index is 0.0328. The average molecular weight is 278 g/mol. The number of ether oxygens (including phenoxy) is 2. The number of carbonyl (C=O) groups excluding carboxylic acids is 1. The van der Waals surface area contributed by atoms with Gasteiger partial charge in [0.25, 0.3) is 0 Å². The van der Waals surface area contributed by atoms with Gasteiger partial charge in [0.1, 0.15) is 5.75 Å². The van der Waals surface area contributed by atoms with Crippen molar-refractivity contribution in [2.24, 2.45) is 0 Å². The molecule has 1 fully saturated rings. The maximum absolute atomic E-state index is 12.1. The molecule has 0 bridgehead atoms. The van der Waals surface area contributed by atoms with Crippen molar-refractivity contribution in [3.05, 3.63) is 29.8 Å². The predicted octanol–water partition coefficient (Wildman–Crippen LogP) is 2.02. The number of hydrogen-bond donors (Lipinski definition) is 1. The van der Waals surface area contributed by atoms with Gasteiger partial charge in [-0.25, -0.2) is 4.79 Å². The molecule has 2 rings (SSSR count). The first-order chi connectivity index (χ1) is 9.72. The van der Waals surface area contributed by atoms with E-state index in [1.54, 1.807) is 7.11 Å². The van der Waals surface area contributed by atoms with Crippen LogP contribution in [0.25, 0.3) is 0 Å². The number of rotatable bonds is 4. The molecule has 0 saturated carbocycles. The highest BCUT2D eigenvalue weighted by atomic mass is 16.5. The minimum atomic E-state index is -0.0328. The number of hydrogen-bond acceptors (Lipinski definition) is 3. The fraction of sp³-hybridized carbons (Fsp3) is 0.533. The Balaban J connectivity index is 1.85. The van der Waals surface area contributed by atoms with Crippen molar-refractivity contribution in [2.75, 3.05) is 26.8 Å². The summed E-state index contributed by atoms with van der Waals surface area (Å²) >= 11 is 0. The molecule has 0 radical (unpaired) electrons. The monoisotopic (exact) mass is 278 g/mol. The fourth-order valence-corrected chi connectivity index (χ4v) is 2.22. The van der Waals surface area contributed by atoms with E-state index in [9.17, 15) is 4.79 Å². The van der Waals surface area contributed by atoms with Crippen molar-refractivity contribution in [1.82, 2.24) is 10.2 Å². The van der Waals surface area contributed by atoms with Crippen molar-refractivity contribution < 1.29 is 14.3 Å². The van der Waals surface area contributed by atoms with Crippen molar-refractivity contribution in [3.8, 4) is 5.75 Å². The Bertz CT molecular complexity index is 450. The molecule has 0 aromatic heterocycles. The lowest BCUT2D eigenvalue weighted by Gasteiger charge is -2.32. The second-order valence-electron chi connectivity index (χ2n) is 4.86. The van der Waals surface area contributed by atoms with Crippen LogP contribution < -0.4 is 10.1 Å². The molecule has 1 saturated heterocycles. The third kappa shape index (κ3) is 3.87. The molecule has 1 aromatic carbocycles. The van der Waals surface area contributed by atoms with E-state index in [1.807, 2.05) is 29.2 Å². The molecule has 1 N–H and O–H groups in total. The lowest BCUT2D eigenvalue weighted by Crippen LogP contribution is -2.49. The van der Waals surface area contributed by atoms with Crippen LogP contribution >= 0.6 is 0 Å². The van der Waals surface area contributed by atoms with Crippen molar-refractivity contribution in [2.45, 2.75) is 26.0 Å². The number of carbonyl (C=O) groups is 1. The van der Waals surface area contributed by atoms with Gasteiger partial charge < -0.3 is 19.7 Å². The van der Waals surface area contributed by atoms with Crippen LogP contribution in [0, 0.1) is 0 Å². The molecule has 5 heteroatoms. The first-order valence-electron chi connectivity index (χ1n) is 7.00. The van der Waals surface area contributed by atoms with Crippen LogP contribution in [0.1, 0.15) is 18.9 Å². The number of benzene rings is 1. The van der Waals surface area contributed by atoms with E-state index in [0.29, 0.717) is 26.2 Å². The van der Waals surface area contributed by atoms with Gasteiger partial charge in [0.2, 0.25) is 0 Å². The summed E-state index contributed by atoms with van der Waals surface area (Å²) in [5.74, 6) is 0.800. The smallest absolute Gasteiger partial charge is 0.317 e. The van der Waals surface area contributed by atoms with Gasteiger partial charge in [-0.2, -0.15) is 0 Å². The van der Waals surface area contributed by atoms with Gasteiger partial charge in [0.15, 0.2) is 0 Å². The predicted molar refractivity (Wildman–Crippen MR) is 76.8 cm³/mol. The maximum Gasteiger partial charge on any atom is 0.317 e. The molecule has 1 atom stereocenters. The highest BCUT2D eigenvalue weighted by Gasteiger charge is 2.22. The fourth-order valence-electron chi connectivity index (χ4n) is 2.22. The highest BCUT2D eigenvalue weighted by Crippen LogP contribution is 2.13. The lowest BCUT2D eigenvalue weighted by atomic mass is 10.2. The number of urea groups is 1. The largest absolute Gasteiger partial charge is 0.497 e. The van der Waals surface area contributed by atoms with E-state index in [2.05, 4.69) is 12.2 Å². The van der Waals surface area contributed by atoms with Crippen LogP contribution in [0.15, 0.2) is 24.3 Å². The molecular weight excluding hydrogens is 256 g/mol. The van der Waals surface area contributed by atoms with Crippen LogP contribution in [0.5, 0.6) is 5.75 Å². The van der Waals surface area contributed by atoms with Crippen molar-refractivity contribution in [3.63, 3.8) is 0 Å². The number of methoxy groups -OCH3 is 1. The Hall–Kier alpha value is -1.75. The second kappa shape index (κ2) is 7.14. The highest BCUT2D eigenvalue weighted by molar-refractivity contribution is 5.74. The molecule has 1 aliphatic heterocycles. The molecular formula is C15H22N2O3. The molecule has 110 valence electrons. The van der Waals surface area contributed by atoms with E-state index in [0.717, 1.165) is 17.7 Å². The van der Waals surface area contributed by atoms with Crippen molar-refractivity contribution in [1.29, 1.82) is 0 Å². The van der Waals surface area contributed by atoms with E-state index < -0.39 is 0 Å². The summed E-state index contributed by atoms with van der Waals surface area (Å²) in [6.07, 6.45) is 1.09. The summed E-state index contributed by atoms with van der Waals surface area (Å²) in [7, 11) is 1.64. The van der Waals surface area contributed by atoms with E-state index in [-0.39, 0.29) is 12.1 Å². The van der Waals surface area contributed by atoms with E-state index >= 15 is 0 Å². The van der Waals surface area contributed by atoms with Gasteiger partial charge in [0.05, 0.1) is 19.8 Å². The van der Waals surface area contributed by atoms with Crippen LogP contribution in [-0.2, 0) is 11.3 Å². The molecule has 5 nitrogen and oxygen atoms in total. The van der Waals surface area contributed by atoms with Crippen LogP contribution in [0.2, 0.25) is 0 Å². The molecule has 1 aliphatic rings. The third-order valence-electron chi connectivity index (χ3n) is 3.46. The molecule has 1 aromatic rings. The SMILES string of the molecule is CCC1CN(C(=O)NCc2cccc(OC)c2)CCO1. The molecule has 1 unspecified atom stereocenters. The summed E-state index contributed by atoms with van der Waals surface area (Å²) < 4.78 is 10.7. The Morgan fingerprint density at radius 2 is 2.40 bits per heavy atom. The number of morpholine rings is 1. The number of amides is 2. The maximum atomic E-state index is 12.1. The summed E-state index contributed by atoms with van der Waals surface area (Å²) in [5.41, 5.74) is 1.03. The first-order valence-corrected chi connectivity index (χ1v) is 7.00. The molecule has 20 heavy (non-hydrogen) atoms. The topological polar surface area (TPSA) is 50.8 Å². The van der Waals surface area contributed by atoms with Crippen LogP contribution in [0.4, 0.5) is 4.79 Å². The lowest BCUT2D eigenvalue weighted by molar-refractivity contribution is -0.0154. The van der Waals surface area contributed by atoms with Gasteiger partial charge in [-0.3, -0.25) is 0 Å². The summed E-state index contributed by atoms with van der Waals surface area (Å²) in [6.45, 7) is 4.51. The Labute approximate surface area is 119 Å². The summed E-state index contributed by atoms with van der Waals surface area (Å²) in [4.78, 5) is 13.9. The summed E-state index contributed by atoms with van der Waals surface area (Å²) in [6, 6.07) is 7.67. The normalized spacial score (nSPS) is 18.7. The zero-order chi connectivity index (χ0) is 14.4. The zero-order valence-corrected chi connectivity index (χ0v) is 12.1. The Morgan fingerprint density at radius 1 is 1.55 bits per heavy atom. The molecule has 0 aliphatic carbocycles. The minimum Gasteiger partial charge on any atom is -0.497 e. The quantitative estimate of drug-likeness (QED) is 0.916. The Morgan fingerprint density at radius 3 is 3.15 bits per heavy atom.